The van der Waals surface area contributed by atoms with Crippen molar-refractivity contribution in [3.63, 3.8) is 0 Å². The van der Waals surface area contributed by atoms with E-state index in [0.717, 1.165) is 50.0 Å². The van der Waals surface area contributed by atoms with Gasteiger partial charge in [0.05, 0.1) is 5.69 Å². The predicted molar refractivity (Wildman–Crippen MR) is 118 cm³/mol. The van der Waals surface area contributed by atoms with Gasteiger partial charge in [0, 0.05) is 43.6 Å². The van der Waals surface area contributed by atoms with Gasteiger partial charge in [-0.25, -0.2) is 4.68 Å². The average molecular weight is 401 g/mol. The number of nitrogens with zero attached hydrogens (tertiary/aromatic N) is 4. The summed E-state index contributed by atoms with van der Waals surface area (Å²) in [7, 11) is 1.96. The standard InChI is InChI=1S/C25H28N4O/c1-27(25(30)21-9-4-10-22(17-21)29-14-6-12-26-29)23-11-5-13-28(18-23)24-15-19-7-2-3-8-20(19)16-24/h2-4,6-10,12,14,17,23-24H,5,11,13,15-16,18H2,1H3. The first-order valence-corrected chi connectivity index (χ1v) is 10.9. The monoisotopic (exact) mass is 400 g/mol. The number of benzene rings is 2. The van der Waals surface area contributed by atoms with Crippen molar-refractivity contribution in [2.75, 3.05) is 20.1 Å². The first-order valence-electron chi connectivity index (χ1n) is 10.9. The van der Waals surface area contributed by atoms with Gasteiger partial charge in [0.25, 0.3) is 5.91 Å². The second-order valence-corrected chi connectivity index (χ2v) is 8.54. The van der Waals surface area contributed by atoms with Crippen molar-refractivity contribution >= 4 is 5.91 Å². The number of piperidine rings is 1. The molecule has 0 spiro atoms. The summed E-state index contributed by atoms with van der Waals surface area (Å²) in [5, 5.41) is 4.28. The molecule has 5 nitrogen and oxygen atoms in total. The van der Waals surface area contributed by atoms with Crippen LogP contribution in [0.15, 0.2) is 67.0 Å². The molecule has 1 amide bonds. The summed E-state index contributed by atoms with van der Waals surface area (Å²) in [4.78, 5) is 17.8. The number of hydrogen-bond donors (Lipinski definition) is 0. The van der Waals surface area contributed by atoms with Crippen LogP contribution in [0.5, 0.6) is 0 Å². The number of likely N-dealkylation sites (tertiary alicyclic amines) is 1. The van der Waals surface area contributed by atoms with E-state index >= 15 is 0 Å². The summed E-state index contributed by atoms with van der Waals surface area (Å²) in [6.45, 7) is 2.09. The van der Waals surface area contributed by atoms with Crippen molar-refractivity contribution in [2.24, 2.45) is 0 Å². The molecule has 0 N–H and O–H groups in total. The first kappa shape index (κ1) is 19.1. The van der Waals surface area contributed by atoms with Gasteiger partial charge in [0.2, 0.25) is 0 Å². The molecule has 30 heavy (non-hydrogen) atoms. The first-order chi connectivity index (χ1) is 14.7. The number of rotatable bonds is 4. The minimum atomic E-state index is 0.0885. The van der Waals surface area contributed by atoms with Crippen LogP contribution in [0, 0.1) is 0 Å². The maximum atomic E-state index is 13.2. The summed E-state index contributed by atoms with van der Waals surface area (Å²) in [6.07, 6.45) is 8.11. The largest absolute Gasteiger partial charge is 0.337 e. The van der Waals surface area contributed by atoms with Crippen molar-refractivity contribution in [3.8, 4) is 5.69 Å². The Morgan fingerprint density at radius 2 is 1.87 bits per heavy atom. The fraction of sp³-hybridized carbons (Fsp3) is 0.360. The molecule has 0 bridgehead atoms. The number of fused-ring (bicyclic) bond motifs is 1. The van der Waals surface area contributed by atoms with Crippen molar-refractivity contribution in [1.82, 2.24) is 19.6 Å². The Morgan fingerprint density at radius 3 is 2.60 bits per heavy atom. The molecule has 0 saturated carbocycles. The van der Waals surface area contributed by atoms with Crippen LogP contribution < -0.4 is 0 Å². The van der Waals surface area contributed by atoms with Gasteiger partial charge in [0.15, 0.2) is 0 Å². The Kier molecular flexibility index (Phi) is 5.13. The maximum Gasteiger partial charge on any atom is 0.253 e. The van der Waals surface area contributed by atoms with E-state index in [2.05, 4.69) is 34.3 Å². The lowest BCUT2D eigenvalue weighted by Crippen LogP contribution is -2.51. The predicted octanol–water partition coefficient (Wildman–Crippen LogP) is 3.58. The van der Waals surface area contributed by atoms with E-state index in [-0.39, 0.29) is 11.9 Å². The van der Waals surface area contributed by atoms with Crippen LogP contribution >= 0.6 is 0 Å². The summed E-state index contributed by atoms with van der Waals surface area (Å²) in [5.41, 5.74) is 4.61. The Hall–Kier alpha value is -2.92. The molecule has 2 aromatic carbocycles. The third kappa shape index (κ3) is 3.65. The van der Waals surface area contributed by atoms with Gasteiger partial charge < -0.3 is 4.90 Å². The van der Waals surface area contributed by atoms with E-state index in [1.807, 2.05) is 48.5 Å². The normalized spacial score (nSPS) is 19.6. The van der Waals surface area contributed by atoms with Gasteiger partial charge >= 0.3 is 0 Å². The molecule has 1 aromatic heterocycles. The van der Waals surface area contributed by atoms with Crippen LogP contribution in [0.4, 0.5) is 0 Å². The van der Waals surface area contributed by atoms with E-state index < -0.39 is 0 Å². The highest BCUT2D eigenvalue weighted by Gasteiger charge is 2.33. The molecule has 154 valence electrons. The molecule has 5 rings (SSSR count). The summed E-state index contributed by atoms with van der Waals surface area (Å²) in [5.74, 6) is 0.0885. The van der Waals surface area contributed by atoms with Crippen molar-refractivity contribution < 1.29 is 4.79 Å². The summed E-state index contributed by atoms with van der Waals surface area (Å²) < 4.78 is 1.79. The molecule has 2 aliphatic rings. The van der Waals surface area contributed by atoms with Crippen LogP contribution in [0.3, 0.4) is 0 Å². The van der Waals surface area contributed by atoms with Crippen molar-refractivity contribution in [1.29, 1.82) is 0 Å². The Labute approximate surface area is 177 Å². The molecule has 5 heteroatoms. The molecule has 1 fully saturated rings. The number of amides is 1. The van der Waals surface area contributed by atoms with E-state index in [0.29, 0.717) is 6.04 Å². The van der Waals surface area contributed by atoms with Gasteiger partial charge in [0.1, 0.15) is 0 Å². The van der Waals surface area contributed by atoms with Crippen molar-refractivity contribution in [2.45, 2.75) is 37.8 Å². The van der Waals surface area contributed by atoms with E-state index in [9.17, 15) is 4.79 Å². The number of likely N-dealkylation sites (N-methyl/N-ethyl adjacent to an activating group) is 1. The van der Waals surface area contributed by atoms with Crippen LogP contribution in [-0.2, 0) is 12.8 Å². The summed E-state index contributed by atoms with van der Waals surface area (Å²) >= 11 is 0. The molecule has 1 aliphatic heterocycles. The van der Waals surface area contributed by atoms with Gasteiger partial charge in [-0.15, -0.1) is 0 Å². The molecule has 1 unspecified atom stereocenters. The Balaban J connectivity index is 1.27. The zero-order chi connectivity index (χ0) is 20.5. The van der Waals surface area contributed by atoms with E-state index in [4.69, 9.17) is 0 Å². The van der Waals surface area contributed by atoms with Gasteiger partial charge in [-0.3, -0.25) is 9.69 Å². The minimum Gasteiger partial charge on any atom is -0.337 e. The van der Waals surface area contributed by atoms with Crippen LogP contribution in [-0.4, -0.2) is 57.7 Å². The van der Waals surface area contributed by atoms with Crippen LogP contribution in [0.1, 0.15) is 34.3 Å². The SMILES string of the molecule is CN(C(=O)c1cccc(-n2cccn2)c1)C1CCCN(C2Cc3ccccc3C2)C1. The second kappa shape index (κ2) is 8.07. The topological polar surface area (TPSA) is 41.4 Å². The molecular formula is C25H28N4O. The highest BCUT2D eigenvalue weighted by Crippen LogP contribution is 2.28. The quantitative estimate of drug-likeness (QED) is 0.672. The highest BCUT2D eigenvalue weighted by molar-refractivity contribution is 5.94. The average Bonchev–Trinajstić information content (AvgIpc) is 3.48. The second-order valence-electron chi connectivity index (χ2n) is 8.54. The zero-order valence-corrected chi connectivity index (χ0v) is 17.4. The van der Waals surface area contributed by atoms with Crippen LogP contribution in [0.25, 0.3) is 5.69 Å². The lowest BCUT2D eigenvalue weighted by Gasteiger charge is -2.40. The molecule has 1 aliphatic carbocycles. The Bertz CT molecular complexity index is 1000. The third-order valence-corrected chi connectivity index (χ3v) is 6.70. The van der Waals surface area contributed by atoms with E-state index in [1.165, 1.54) is 11.1 Å². The molecule has 3 aromatic rings. The number of hydrogen-bond acceptors (Lipinski definition) is 3. The maximum absolute atomic E-state index is 13.2. The highest BCUT2D eigenvalue weighted by atomic mass is 16.2. The number of carbonyl (C=O) groups is 1. The molecule has 1 saturated heterocycles. The molecule has 0 radical (unpaired) electrons. The zero-order valence-electron chi connectivity index (χ0n) is 17.4. The molecule has 2 heterocycles. The van der Waals surface area contributed by atoms with Crippen LogP contribution in [0.2, 0.25) is 0 Å². The lowest BCUT2D eigenvalue weighted by atomic mass is 10.0. The van der Waals surface area contributed by atoms with Crippen molar-refractivity contribution in [3.05, 3.63) is 83.7 Å². The summed E-state index contributed by atoms with van der Waals surface area (Å²) in [6, 6.07) is 19.3. The van der Waals surface area contributed by atoms with Gasteiger partial charge in [-0.05, 0) is 67.6 Å². The fourth-order valence-electron chi connectivity index (χ4n) is 5.00. The van der Waals surface area contributed by atoms with E-state index in [1.54, 1.807) is 10.9 Å². The van der Waals surface area contributed by atoms with Gasteiger partial charge in [-0.1, -0.05) is 30.3 Å². The number of carbonyl (C=O) groups excluding carboxylic acids is 1. The lowest BCUT2D eigenvalue weighted by molar-refractivity contribution is 0.0555. The molecular weight excluding hydrogens is 372 g/mol. The van der Waals surface area contributed by atoms with Gasteiger partial charge in [-0.2, -0.15) is 5.10 Å². The Morgan fingerprint density at radius 1 is 1.07 bits per heavy atom. The third-order valence-electron chi connectivity index (χ3n) is 6.70. The number of aromatic nitrogens is 2. The molecule has 1 atom stereocenters. The smallest absolute Gasteiger partial charge is 0.253 e. The minimum absolute atomic E-state index is 0.0885. The fourth-order valence-corrected chi connectivity index (χ4v) is 5.00.